The minimum Gasteiger partial charge on any atom is -0.352 e. The highest BCUT2D eigenvalue weighted by molar-refractivity contribution is 6.32. The number of anilines is 1. The van der Waals surface area contributed by atoms with E-state index in [1.54, 1.807) is 18.1 Å². The maximum absolute atomic E-state index is 12.6. The Morgan fingerprint density at radius 3 is 2.65 bits per heavy atom. The number of hydrogen-bond donors (Lipinski definition) is 0. The van der Waals surface area contributed by atoms with Gasteiger partial charge in [0.2, 0.25) is 11.8 Å². The maximum atomic E-state index is 12.6. The smallest absolute Gasteiger partial charge is 0.226 e. The van der Waals surface area contributed by atoms with E-state index in [9.17, 15) is 9.59 Å². The van der Waals surface area contributed by atoms with Crippen LogP contribution in [0.1, 0.15) is 12.8 Å². The van der Waals surface area contributed by atoms with Gasteiger partial charge in [0.25, 0.3) is 0 Å². The van der Waals surface area contributed by atoms with Gasteiger partial charge in [0.1, 0.15) is 5.82 Å². The molecule has 0 N–H and O–H groups in total. The van der Waals surface area contributed by atoms with Gasteiger partial charge in [-0.25, -0.2) is 4.98 Å². The summed E-state index contributed by atoms with van der Waals surface area (Å²) in [5.74, 6) is 0.783. The molecule has 6 nitrogen and oxygen atoms in total. The second kappa shape index (κ2) is 6.74. The summed E-state index contributed by atoms with van der Waals surface area (Å²) in [5.41, 5.74) is 0. The summed E-state index contributed by atoms with van der Waals surface area (Å²) in [7, 11) is 1.79. The molecule has 2 aliphatic rings. The zero-order valence-electron chi connectivity index (χ0n) is 13.2. The molecule has 23 heavy (non-hydrogen) atoms. The monoisotopic (exact) mass is 336 g/mol. The van der Waals surface area contributed by atoms with E-state index >= 15 is 0 Å². The fourth-order valence-corrected chi connectivity index (χ4v) is 3.40. The molecule has 3 heterocycles. The van der Waals surface area contributed by atoms with Crippen molar-refractivity contribution in [3.8, 4) is 0 Å². The van der Waals surface area contributed by atoms with E-state index < -0.39 is 0 Å². The predicted octanol–water partition coefficient (Wildman–Crippen LogP) is 1.25. The zero-order chi connectivity index (χ0) is 16.4. The van der Waals surface area contributed by atoms with Crippen molar-refractivity contribution in [2.45, 2.75) is 12.8 Å². The Bertz CT molecular complexity index is 601. The Balaban J connectivity index is 1.58. The number of amides is 2. The van der Waals surface area contributed by atoms with Gasteiger partial charge >= 0.3 is 0 Å². The zero-order valence-corrected chi connectivity index (χ0v) is 14.0. The van der Waals surface area contributed by atoms with Crippen LogP contribution in [-0.2, 0) is 9.59 Å². The third-order valence-electron chi connectivity index (χ3n) is 4.64. The van der Waals surface area contributed by atoms with Gasteiger partial charge in [0, 0.05) is 58.3 Å². The van der Waals surface area contributed by atoms with E-state index in [0.717, 1.165) is 12.2 Å². The van der Waals surface area contributed by atoms with Crippen LogP contribution in [0, 0.1) is 5.92 Å². The van der Waals surface area contributed by atoms with E-state index in [1.165, 1.54) is 0 Å². The standard InChI is InChI=1S/C16H21ClN4O2/c1-19-6-4-12(11-14(19)22)16(23)21-9-7-20(8-10-21)15-13(17)3-2-5-18-15/h2-3,5,12H,4,6-11H2,1H3/t12-/m0/s1. The van der Waals surface area contributed by atoms with Crippen molar-refractivity contribution in [1.82, 2.24) is 14.8 Å². The predicted molar refractivity (Wildman–Crippen MR) is 88.4 cm³/mol. The van der Waals surface area contributed by atoms with Crippen LogP contribution in [0.2, 0.25) is 5.02 Å². The van der Waals surface area contributed by atoms with Crippen molar-refractivity contribution < 1.29 is 9.59 Å². The normalized spacial score (nSPS) is 22.4. The number of likely N-dealkylation sites (tertiary alicyclic amines) is 1. The molecule has 0 radical (unpaired) electrons. The highest BCUT2D eigenvalue weighted by Crippen LogP contribution is 2.25. The van der Waals surface area contributed by atoms with Crippen LogP contribution in [0.4, 0.5) is 5.82 Å². The van der Waals surface area contributed by atoms with E-state index in [1.807, 2.05) is 17.0 Å². The first-order chi connectivity index (χ1) is 11.1. The highest BCUT2D eigenvalue weighted by Gasteiger charge is 2.33. The molecule has 1 aromatic heterocycles. The van der Waals surface area contributed by atoms with Gasteiger partial charge in [0.15, 0.2) is 0 Å². The van der Waals surface area contributed by atoms with E-state index in [0.29, 0.717) is 44.2 Å². The summed E-state index contributed by atoms with van der Waals surface area (Å²) in [6, 6.07) is 3.63. The molecule has 124 valence electrons. The molecule has 2 amide bonds. The Hall–Kier alpha value is -1.82. The van der Waals surface area contributed by atoms with Crippen molar-refractivity contribution in [1.29, 1.82) is 0 Å². The SMILES string of the molecule is CN1CC[C@H](C(=O)N2CCN(c3ncccc3Cl)CC2)CC1=O. The number of carbonyl (C=O) groups excluding carboxylic acids is 2. The van der Waals surface area contributed by atoms with Crippen molar-refractivity contribution in [3.05, 3.63) is 23.4 Å². The molecule has 0 aromatic carbocycles. The average molecular weight is 337 g/mol. The van der Waals surface area contributed by atoms with Crippen molar-refractivity contribution in [3.63, 3.8) is 0 Å². The van der Waals surface area contributed by atoms with Crippen LogP contribution in [-0.4, -0.2) is 66.4 Å². The minimum absolute atomic E-state index is 0.0634. The van der Waals surface area contributed by atoms with Crippen molar-refractivity contribution in [2.75, 3.05) is 44.7 Å². The van der Waals surface area contributed by atoms with Gasteiger partial charge in [-0.05, 0) is 18.6 Å². The molecule has 7 heteroatoms. The number of nitrogens with zero attached hydrogens (tertiary/aromatic N) is 4. The molecular formula is C16H21ClN4O2. The summed E-state index contributed by atoms with van der Waals surface area (Å²) < 4.78 is 0. The summed E-state index contributed by atoms with van der Waals surface area (Å²) in [4.78, 5) is 34.4. The van der Waals surface area contributed by atoms with Crippen LogP contribution in [0.25, 0.3) is 0 Å². The number of piperazine rings is 1. The number of piperidine rings is 1. The molecular weight excluding hydrogens is 316 g/mol. The van der Waals surface area contributed by atoms with Gasteiger partial charge in [-0.3, -0.25) is 9.59 Å². The molecule has 3 rings (SSSR count). The van der Waals surface area contributed by atoms with E-state index in [2.05, 4.69) is 9.88 Å². The fraction of sp³-hybridized carbons (Fsp3) is 0.562. The Kier molecular flexibility index (Phi) is 4.71. The Morgan fingerprint density at radius 1 is 1.26 bits per heavy atom. The highest BCUT2D eigenvalue weighted by atomic mass is 35.5. The molecule has 0 aliphatic carbocycles. The van der Waals surface area contributed by atoms with Crippen LogP contribution in [0.5, 0.6) is 0 Å². The van der Waals surface area contributed by atoms with E-state index in [-0.39, 0.29) is 17.7 Å². The largest absolute Gasteiger partial charge is 0.352 e. The topological polar surface area (TPSA) is 56.8 Å². The molecule has 2 aliphatic heterocycles. The average Bonchev–Trinajstić information content (AvgIpc) is 2.57. The fourth-order valence-electron chi connectivity index (χ4n) is 3.16. The quantitative estimate of drug-likeness (QED) is 0.815. The van der Waals surface area contributed by atoms with Crippen LogP contribution in [0.3, 0.4) is 0 Å². The first-order valence-electron chi connectivity index (χ1n) is 7.94. The van der Waals surface area contributed by atoms with Crippen molar-refractivity contribution >= 4 is 29.2 Å². The molecule has 2 fully saturated rings. The second-order valence-electron chi connectivity index (χ2n) is 6.13. The number of aromatic nitrogens is 1. The molecule has 0 unspecified atom stereocenters. The van der Waals surface area contributed by atoms with Gasteiger partial charge in [-0.2, -0.15) is 0 Å². The number of carbonyl (C=O) groups is 2. The lowest BCUT2D eigenvalue weighted by molar-refractivity contribution is -0.144. The first-order valence-corrected chi connectivity index (χ1v) is 8.32. The Labute approximate surface area is 141 Å². The maximum Gasteiger partial charge on any atom is 0.226 e. The van der Waals surface area contributed by atoms with Gasteiger partial charge < -0.3 is 14.7 Å². The molecule has 0 bridgehead atoms. The van der Waals surface area contributed by atoms with Gasteiger partial charge in [-0.15, -0.1) is 0 Å². The lowest BCUT2D eigenvalue weighted by atomic mass is 9.94. The van der Waals surface area contributed by atoms with Crippen molar-refractivity contribution in [2.24, 2.45) is 5.92 Å². The molecule has 0 spiro atoms. The lowest BCUT2D eigenvalue weighted by Gasteiger charge is -2.38. The number of rotatable bonds is 2. The van der Waals surface area contributed by atoms with Gasteiger partial charge in [0.05, 0.1) is 5.02 Å². The van der Waals surface area contributed by atoms with Gasteiger partial charge in [-0.1, -0.05) is 11.6 Å². The third-order valence-corrected chi connectivity index (χ3v) is 4.93. The number of hydrogen-bond acceptors (Lipinski definition) is 4. The molecule has 2 saturated heterocycles. The molecule has 1 aromatic rings. The third kappa shape index (κ3) is 3.42. The second-order valence-corrected chi connectivity index (χ2v) is 6.53. The van der Waals surface area contributed by atoms with Crippen LogP contribution >= 0.6 is 11.6 Å². The Morgan fingerprint density at radius 2 is 2.00 bits per heavy atom. The van der Waals surface area contributed by atoms with Crippen LogP contribution < -0.4 is 4.90 Å². The van der Waals surface area contributed by atoms with E-state index in [4.69, 9.17) is 11.6 Å². The minimum atomic E-state index is -0.163. The number of pyridine rings is 1. The first kappa shape index (κ1) is 16.1. The summed E-state index contributed by atoms with van der Waals surface area (Å²) in [6.07, 6.45) is 2.82. The summed E-state index contributed by atoms with van der Waals surface area (Å²) >= 11 is 6.18. The number of halogens is 1. The summed E-state index contributed by atoms with van der Waals surface area (Å²) in [5, 5.41) is 0.633. The summed E-state index contributed by atoms with van der Waals surface area (Å²) in [6.45, 7) is 3.38. The molecule has 1 atom stereocenters. The van der Waals surface area contributed by atoms with Crippen LogP contribution in [0.15, 0.2) is 18.3 Å². The molecule has 0 saturated carbocycles. The lowest BCUT2D eigenvalue weighted by Crippen LogP contribution is -2.52.